The average Bonchev–Trinajstić information content (AvgIpc) is 3.05. The summed E-state index contributed by atoms with van der Waals surface area (Å²) in [5, 5.41) is 0. The third kappa shape index (κ3) is 1.41. The first-order valence-electron chi connectivity index (χ1n) is 5.54. The molecule has 0 amide bonds. The number of aryl methyl sites for hydroxylation is 1. The number of halogens is 1. The molecule has 16 heavy (non-hydrogen) atoms. The van der Waals surface area contributed by atoms with Crippen molar-refractivity contribution in [2.75, 3.05) is 0 Å². The van der Waals surface area contributed by atoms with E-state index in [1.54, 1.807) is 6.07 Å². The van der Waals surface area contributed by atoms with Gasteiger partial charge in [-0.1, -0.05) is 0 Å². The second-order valence-electron chi connectivity index (χ2n) is 4.53. The molecule has 1 atom stereocenters. The highest BCUT2D eigenvalue weighted by Crippen LogP contribution is 2.39. The molecular weight excluding hydrogens is 205 g/mol. The summed E-state index contributed by atoms with van der Waals surface area (Å²) < 4.78 is 15.0. The molecule has 1 fully saturated rings. The van der Waals surface area contributed by atoms with Crippen LogP contribution in [0.5, 0.6) is 0 Å². The molecule has 84 valence electrons. The summed E-state index contributed by atoms with van der Waals surface area (Å²) in [7, 11) is 1.90. The van der Waals surface area contributed by atoms with E-state index in [-0.39, 0.29) is 11.9 Å². The van der Waals surface area contributed by atoms with E-state index >= 15 is 0 Å². The first-order chi connectivity index (χ1) is 7.66. The molecule has 1 aliphatic rings. The van der Waals surface area contributed by atoms with Crippen molar-refractivity contribution in [2.45, 2.75) is 18.9 Å². The minimum Gasteiger partial charge on any atom is -0.330 e. The van der Waals surface area contributed by atoms with Crippen LogP contribution in [0.15, 0.2) is 18.2 Å². The Kier molecular flexibility index (Phi) is 2.01. The molecule has 1 aromatic carbocycles. The summed E-state index contributed by atoms with van der Waals surface area (Å²) in [5.74, 6) is 1.19. The molecule has 0 aliphatic heterocycles. The Bertz CT molecular complexity index is 542. The number of aromatic nitrogens is 2. The van der Waals surface area contributed by atoms with Gasteiger partial charge in [-0.05, 0) is 37.0 Å². The zero-order valence-electron chi connectivity index (χ0n) is 9.15. The Labute approximate surface area is 93.1 Å². The van der Waals surface area contributed by atoms with Crippen LogP contribution in [0.25, 0.3) is 11.0 Å². The summed E-state index contributed by atoms with van der Waals surface area (Å²) in [6.07, 6.45) is 2.36. The summed E-state index contributed by atoms with van der Waals surface area (Å²) >= 11 is 0. The van der Waals surface area contributed by atoms with E-state index in [0.717, 1.165) is 16.9 Å². The van der Waals surface area contributed by atoms with Crippen LogP contribution in [0.2, 0.25) is 0 Å². The Hall–Kier alpha value is -1.42. The Balaban J connectivity index is 2.14. The van der Waals surface area contributed by atoms with Crippen molar-refractivity contribution < 1.29 is 4.39 Å². The third-order valence-corrected chi connectivity index (χ3v) is 3.31. The quantitative estimate of drug-likeness (QED) is 0.840. The van der Waals surface area contributed by atoms with Crippen LogP contribution >= 0.6 is 0 Å². The van der Waals surface area contributed by atoms with Crippen molar-refractivity contribution >= 4 is 11.0 Å². The number of benzene rings is 1. The summed E-state index contributed by atoms with van der Waals surface area (Å²) in [5.41, 5.74) is 7.75. The lowest BCUT2D eigenvalue weighted by molar-refractivity contribution is 0.574. The molecule has 1 aromatic heterocycles. The lowest BCUT2D eigenvalue weighted by Crippen LogP contribution is -2.17. The molecule has 0 radical (unpaired) electrons. The van der Waals surface area contributed by atoms with Crippen molar-refractivity contribution in [1.29, 1.82) is 0 Å². The fraction of sp³-hybridized carbons (Fsp3) is 0.417. The van der Waals surface area contributed by atoms with E-state index in [1.807, 2.05) is 11.6 Å². The minimum atomic E-state index is -0.234. The van der Waals surface area contributed by atoms with Gasteiger partial charge in [-0.25, -0.2) is 9.37 Å². The second-order valence-corrected chi connectivity index (χ2v) is 4.53. The molecule has 4 heteroatoms. The largest absolute Gasteiger partial charge is 0.330 e. The van der Waals surface area contributed by atoms with Gasteiger partial charge in [0.25, 0.3) is 0 Å². The number of imidazole rings is 1. The van der Waals surface area contributed by atoms with E-state index in [4.69, 9.17) is 5.73 Å². The molecule has 3 rings (SSSR count). The van der Waals surface area contributed by atoms with Gasteiger partial charge < -0.3 is 10.3 Å². The van der Waals surface area contributed by atoms with Crippen LogP contribution in [0.1, 0.15) is 24.7 Å². The predicted molar refractivity (Wildman–Crippen MR) is 60.3 cm³/mol. The maximum atomic E-state index is 13.1. The smallest absolute Gasteiger partial charge is 0.126 e. The fourth-order valence-corrected chi connectivity index (χ4v) is 2.15. The molecule has 1 saturated carbocycles. The first kappa shape index (κ1) is 9.78. The maximum absolute atomic E-state index is 13.1. The first-order valence-corrected chi connectivity index (χ1v) is 5.54. The van der Waals surface area contributed by atoms with Gasteiger partial charge in [-0.15, -0.1) is 0 Å². The van der Waals surface area contributed by atoms with Crippen molar-refractivity contribution in [3.63, 3.8) is 0 Å². The van der Waals surface area contributed by atoms with Crippen molar-refractivity contribution in [3.05, 3.63) is 29.8 Å². The third-order valence-electron chi connectivity index (χ3n) is 3.31. The molecule has 2 aromatic rings. The molecule has 0 bridgehead atoms. The van der Waals surface area contributed by atoms with E-state index < -0.39 is 0 Å². The molecule has 0 spiro atoms. The Morgan fingerprint density at radius 2 is 2.25 bits per heavy atom. The number of hydrogen-bond acceptors (Lipinski definition) is 2. The van der Waals surface area contributed by atoms with Gasteiger partial charge in [0.15, 0.2) is 0 Å². The summed E-state index contributed by atoms with van der Waals surface area (Å²) in [6, 6.07) is 4.63. The molecule has 0 saturated heterocycles. The predicted octanol–water partition coefficient (Wildman–Crippen LogP) is 2.12. The van der Waals surface area contributed by atoms with Crippen LogP contribution in [-0.4, -0.2) is 9.55 Å². The van der Waals surface area contributed by atoms with Gasteiger partial charge in [-0.3, -0.25) is 0 Å². The van der Waals surface area contributed by atoms with Gasteiger partial charge >= 0.3 is 0 Å². The number of rotatable bonds is 2. The summed E-state index contributed by atoms with van der Waals surface area (Å²) in [6.45, 7) is 0. The van der Waals surface area contributed by atoms with Crippen LogP contribution in [0.3, 0.4) is 0 Å². The van der Waals surface area contributed by atoms with Crippen LogP contribution in [-0.2, 0) is 7.05 Å². The standard InChI is InChI=1S/C12H14FN3/c1-16-10-6-8(13)4-5-9(10)15-12(16)11(14)7-2-3-7/h4-7,11H,2-3,14H2,1H3. The minimum absolute atomic E-state index is 0.0135. The number of hydrogen-bond donors (Lipinski definition) is 1. The zero-order chi connectivity index (χ0) is 11.3. The van der Waals surface area contributed by atoms with Gasteiger partial charge in [0, 0.05) is 7.05 Å². The topological polar surface area (TPSA) is 43.8 Å². The zero-order valence-corrected chi connectivity index (χ0v) is 9.15. The number of fused-ring (bicyclic) bond motifs is 1. The van der Waals surface area contributed by atoms with Gasteiger partial charge in [-0.2, -0.15) is 0 Å². The second kappa shape index (κ2) is 3.28. The normalized spacial score (nSPS) is 17.9. The van der Waals surface area contributed by atoms with Gasteiger partial charge in [0.1, 0.15) is 11.6 Å². The molecule has 1 aliphatic carbocycles. The Morgan fingerprint density at radius 1 is 1.50 bits per heavy atom. The van der Waals surface area contributed by atoms with Crippen molar-refractivity contribution in [2.24, 2.45) is 18.7 Å². The number of nitrogens with two attached hydrogens (primary N) is 1. The van der Waals surface area contributed by atoms with Crippen molar-refractivity contribution in [1.82, 2.24) is 9.55 Å². The highest BCUT2D eigenvalue weighted by Gasteiger charge is 2.32. The number of nitrogens with zero attached hydrogens (tertiary/aromatic N) is 2. The Morgan fingerprint density at radius 3 is 2.94 bits per heavy atom. The lowest BCUT2D eigenvalue weighted by Gasteiger charge is -2.09. The van der Waals surface area contributed by atoms with E-state index in [2.05, 4.69) is 4.98 Å². The van der Waals surface area contributed by atoms with E-state index in [9.17, 15) is 4.39 Å². The van der Waals surface area contributed by atoms with Gasteiger partial charge in [0.2, 0.25) is 0 Å². The SMILES string of the molecule is Cn1c(C(N)C2CC2)nc2ccc(F)cc21. The highest BCUT2D eigenvalue weighted by atomic mass is 19.1. The van der Waals surface area contributed by atoms with Crippen LogP contribution < -0.4 is 5.73 Å². The molecule has 1 heterocycles. The van der Waals surface area contributed by atoms with Gasteiger partial charge in [0.05, 0.1) is 17.1 Å². The fourth-order valence-electron chi connectivity index (χ4n) is 2.15. The van der Waals surface area contributed by atoms with Crippen molar-refractivity contribution in [3.8, 4) is 0 Å². The molecule has 2 N–H and O–H groups in total. The average molecular weight is 219 g/mol. The molecule has 3 nitrogen and oxygen atoms in total. The molecule has 1 unspecified atom stereocenters. The van der Waals surface area contributed by atoms with E-state index in [1.165, 1.54) is 25.0 Å². The maximum Gasteiger partial charge on any atom is 0.126 e. The summed E-state index contributed by atoms with van der Waals surface area (Å²) in [4.78, 5) is 4.49. The lowest BCUT2D eigenvalue weighted by atomic mass is 10.2. The highest BCUT2D eigenvalue weighted by molar-refractivity contribution is 5.76. The molecular formula is C12H14FN3. The van der Waals surface area contributed by atoms with Crippen LogP contribution in [0, 0.1) is 11.7 Å². The monoisotopic (exact) mass is 219 g/mol. The van der Waals surface area contributed by atoms with E-state index in [0.29, 0.717) is 5.92 Å². The van der Waals surface area contributed by atoms with Crippen LogP contribution in [0.4, 0.5) is 4.39 Å².